The number of carbonyl (C=O) groups excluding carboxylic acids is 2. The SMILES string of the molecule is O=C(CCNC(=O)c1ccccc1F)NCCN1CCOCC1. The summed E-state index contributed by atoms with van der Waals surface area (Å²) in [6.07, 6.45) is 0.170. The van der Waals surface area contributed by atoms with Crippen LogP contribution in [0.15, 0.2) is 24.3 Å². The number of ether oxygens (including phenoxy) is 1. The fourth-order valence-corrected chi connectivity index (χ4v) is 2.30. The molecule has 0 spiro atoms. The van der Waals surface area contributed by atoms with Crippen LogP contribution in [0.1, 0.15) is 16.8 Å². The summed E-state index contributed by atoms with van der Waals surface area (Å²) in [5, 5.41) is 5.35. The van der Waals surface area contributed by atoms with Crippen LogP contribution in [0.2, 0.25) is 0 Å². The molecule has 6 nitrogen and oxygen atoms in total. The van der Waals surface area contributed by atoms with E-state index in [1.807, 2.05) is 0 Å². The van der Waals surface area contributed by atoms with Gasteiger partial charge in [0.2, 0.25) is 5.91 Å². The first-order chi connectivity index (χ1) is 11.2. The molecule has 0 aliphatic carbocycles. The van der Waals surface area contributed by atoms with Gasteiger partial charge in [-0.1, -0.05) is 12.1 Å². The maximum absolute atomic E-state index is 13.4. The molecule has 0 radical (unpaired) electrons. The highest BCUT2D eigenvalue weighted by atomic mass is 19.1. The Bertz CT molecular complexity index is 533. The van der Waals surface area contributed by atoms with Gasteiger partial charge in [-0.25, -0.2) is 4.39 Å². The van der Waals surface area contributed by atoms with Gasteiger partial charge in [-0.05, 0) is 12.1 Å². The molecule has 2 amide bonds. The second-order valence-electron chi connectivity index (χ2n) is 5.29. The van der Waals surface area contributed by atoms with Crippen molar-refractivity contribution in [2.24, 2.45) is 0 Å². The van der Waals surface area contributed by atoms with Gasteiger partial charge in [0.15, 0.2) is 0 Å². The van der Waals surface area contributed by atoms with E-state index in [1.54, 1.807) is 6.07 Å². The molecule has 2 rings (SSSR count). The quantitative estimate of drug-likeness (QED) is 0.762. The minimum absolute atomic E-state index is 0.0137. The van der Waals surface area contributed by atoms with Gasteiger partial charge in [0.25, 0.3) is 5.91 Å². The predicted octanol–water partition coefficient (Wildman–Crippen LogP) is 0.394. The molecule has 1 aromatic rings. The number of nitrogens with one attached hydrogen (secondary N) is 2. The summed E-state index contributed by atoms with van der Waals surface area (Å²) in [4.78, 5) is 25.7. The lowest BCUT2D eigenvalue weighted by Gasteiger charge is -2.26. The molecule has 1 aromatic carbocycles. The van der Waals surface area contributed by atoms with Crippen LogP contribution in [-0.2, 0) is 9.53 Å². The first-order valence-corrected chi connectivity index (χ1v) is 7.76. The second kappa shape index (κ2) is 9.22. The average Bonchev–Trinajstić information content (AvgIpc) is 2.56. The summed E-state index contributed by atoms with van der Waals surface area (Å²) in [7, 11) is 0. The Morgan fingerprint density at radius 3 is 2.61 bits per heavy atom. The molecule has 0 atom stereocenters. The van der Waals surface area contributed by atoms with Gasteiger partial charge in [0.1, 0.15) is 5.82 Å². The van der Waals surface area contributed by atoms with Crippen LogP contribution in [0.3, 0.4) is 0 Å². The van der Waals surface area contributed by atoms with E-state index >= 15 is 0 Å². The summed E-state index contributed by atoms with van der Waals surface area (Å²) in [6, 6.07) is 5.75. The first-order valence-electron chi connectivity index (χ1n) is 7.76. The number of nitrogens with zero attached hydrogens (tertiary/aromatic N) is 1. The summed E-state index contributed by atoms with van der Waals surface area (Å²) >= 11 is 0. The Hall–Kier alpha value is -1.99. The number of hydrogen-bond donors (Lipinski definition) is 2. The van der Waals surface area contributed by atoms with Gasteiger partial charge in [0.05, 0.1) is 18.8 Å². The van der Waals surface area contributed by atoms with E-state index in [2.05, 4.69) is 15.5 Å². The fourth-order valence-electron chi connectivity index (χ4n) is 2.30. The van der Waals surface area contributed by atoms with Gasteiger partial charge in [-0.2, -0.15) is 0 Å². The molecule has 126 valence electrons. The standard InChI is InChI=1S/C16H22FN3O3/c17-14-4-2-1-3-13(14)16(22)19-6-5-15(21)18-7-8-20-9-11-23-12-10-20/h1-4H,5-12H2,(H,18,21)(H,19,22). The van der Waals surface area contributed by atoms with Crippen molar-refractivity contribution in [3.05, 3.63) is 35.6 Å². The topological polar surface area (TPSA) is 70.7 Å². The van der Waals surface area contributed by atoms with Gasteiger partial charge in [-0.3, -0.25) is 14.5 Å². The molecule has 0 bridgehead atoms. The van der Waals surface area contributed by atoms with Crippen LogP contribution in [0.5, 0.6) is 0 Å². The molecule has 1 saturated heterocycles. The highest BCUT2D eigenvalue weighted by Gasteiger charge is 2.12. The van der Waals surface area contributed by atoms with Crippen LogP contribution in [0, 0.1) is 5.82 Å². The van der Waals surface area contributed by atoms with E-state index in [1.165, 1.54) is 18.2 Å². The van der Waals surface area contributed by atoms with Crippen LogP contribution in [-0.4, -0.2) is 62.7 Å². The number of amides is 2. The van der Waals surface area contributed by atoms with Crippen molar-refractivity contribution in [2.75, 3.05) is 45.9 Å². The molecule has 0 saturated carbocycles. The lowest BCUT2D eigenvalue weighted by Crippen LogP contribution is -2.41. The zero-order valence-corrected chi connectivity index (χ0v) is 13.0. The van der Waals surface area contributed by atoms with E-state index in [4.69, 9.17) is 4.74 Å². The van der Waals surface area contributed by atoms with Crippen molar-refractivity contribution in [1.29, 1.82) is 0 Å². The zero-order valence-electron chi connectivity index (χ0n) is 13.0. The summed E-state index contributed by atoms with van der Waals surface area (Å²) in [6.45, 7) is 4.77. The monoisotopic (exact) mass is 323 g/mol. The number of morpholine rings is 1. The van der Waals surface area contributed by atoms with Gasteiger partial charge in [0, 0.05) is 39.1 Å². The zero-order chi connectivity index (χ0) is 16.5. The second-order valence-corrected chi connectivity index (χ2v) is 5.29. The number of halogens is 1. The Morgan fingerprint density at radius 1 is 1.13 bits per heavy atom. The number of carbonyl (C=O) groups is 2. The summed E-state index contributed by atoms with van der Waals surface area (Å²) in [5.41, 5.74) is -0.0137. The van der Waals surface area contributed by atoms with Crippen molar-refractivity contribution in [3.8, 4) is 0 Å². The Balaban J connectivity index is 1.59. The number of benzene rings is 1. The van der Waals surface area contributed by atoms with E-state index in [-0.39, 0.29) is 24.4 Å². The van der Waals surface area contributed by atoms with Crippen molar-refractivity contribution in [3.63, 3.8) is 0 Å². The highest BCUT2D eigenvalue weighted by Crippen LogP contribution is 2.05. The molecule has 1 heterocycles. The maximum atomic E-state index is 13.4. The molecular weight excluding hydrogens is 301 g/mol. The minimum Gasteiger partial charge on any atom is -0.379 e. The summed E-state index contributed by atoms with van der Waals surface area (Å²) in [5.74, 6) is -1.21. The molecule has 0 unspecified atom stereocenters. The van der Waals surface area contributed by atoms with Crippen molar-refractivity contribution >= 4 is 11.8 Å². The number of rotatable bonds is 7. The van der Waals surface area contributed by atoms with Gasteiger partial charge < -0.3 is 15.4 Å². The smallest absolute Gasteiger partial charge is 0.254 e. The number of hydrogen-bond acceptors (Lipinski definition) is 4. The third kappa shape index (κ3) is 5.96. The molecule has 1 aliphatic heterocycles. The highest BCUT2D eigenvalue weighted by molar-refractivity contribution is 5.94. The molecular formula is C16H22FN3O3. The van der Waals surface area contributed by atoms with Crippen molar-refractivity contribution < 1.29 is 18.7 Å². The molecule has 0 aromatic heterocycles. The average molecular weight is 323 g/mol. The fraction of sp³-hybridized carbons (Fsp3) is 0.500. The lowest BCUT2D eigenvalue weighted by molar-refractivity contribution is -0.121. The van der Waals surface area contributed by atoms with E-state index in [9.17, 15) is 14.0 Å². The van der Waals surface area contributed by atoms with Gasteiger partial charge >= 0.3 is 0 Å². The molecule has 7 heteroatoms. The first kappa shape index (κ1) is 17.4. The Morgan fingerprint density at radius 2 is 1.87 bits per heavy atom. The minimum atomic E-state index is -0.569. The molecule has 1 fully saturated rings. The molecule has 2 N–H and O–H groups in total. The van der Waals surface area contributed by atoms with Crippen LogP contribution in [0.4, 0.5) is 4.39 Å². The van der Waals surface area contributed by atoms with Crippen molar-refractivity contribution in [2.45, 2.75) is 6.42 Å². The van der Waals surface area contributed by atoms with E-state index in [0.717, 1.165) is 32.8 Å². The third-order valence-corrected chi connectivity index (χ3v) is 3.61. The van der Waals surface area contributed by atoms with Gasteiger partial charge in [-0.15, -0.1) is 0 Å². The van der Waals surface area contributed by atoms with E-state index in [0.29, 0.717) is 6.54 Å². The lowest BCUT2D eigenvalue weighted by atomic mass is 10.2. The normalized spacial score (nSPS) is 15.2. The van der Waals surface area contributed by atoms with Crippen LogP contribution >= 0.6 is 0 Å². The van der Waals surface area contributed by atoms with Crippen LogP contribution < -0.4 is 10.6 Å². The van der Waals surface area contributed by atoms with Crippen LogP contribution in [0.25, 0.3) is 0 Å². The van der Waals surface area contributed by atoms with Crippen molar-refractivity contribution in [1.82, 2.24) is 15.5 Å². The maximum Gasteiger partial charge on any atom is 0.254 e. The predicted molar refractivity (Wildman–Crippen MR) is 83.6 cm³/mol. The third-order valence-electron chi connectivity index (χ3n) is 3.61. The Labute approximate surface area is 135 Å². The molecule has 23 heavy (non-hydrogen) atoms. The molecule has 1 aliphatic rings. The summed E-state index contributed by atoms with van der Waals surface area (Å²) < 4.78 is 18.7. The Kier molecular flexibility index (Phi) is 6.96. The largest absolute Gasteiger partial charge is 0.379 e. The van der Waals surface area contributed by atoms with E-state index < -0.39 is 11.7 Å².